The van der Waals surface area contributed by atoms with Gasteiger partial charge in [-0.25, -0.2) is 0 Å². The summed E-state index contributed by atoms with van der Waals surface area (Å²) in [5.41, 5.74) is -0.694. The minimum atomic E-state index is -0.828. The first-order valence-electron chi connectivity index (χ1n) is 3.08. The zero-order valence-electron chi connectivity index (χ0n) is 5.41. The number of carbonyl (C=O) groups excluding carboxylic acids is 1. The molecule has 1 N–H and O–H groups in total. The lowest BCUT2D eigenvalue weighted by molar-refractivity contribution is -0.141. The fourth-order valence-electron chi connectivity index (χ4n) is 0.810. The molecule has 0 saturated heterocycles. The van der Waals surface area contributed by atoms with Gasteiger partial charge in [-0.15, -0.1) is 0 Å². The van der Waals surface area contributed by atoms with Crippen molar-refractivity contribution in [2.24, 2.45) is 5.41 Å². The summed E-state index contributed by atoms with van der Waals surface area (Å²) in [4.78, 5) is 20.2. The van der Waals surface area contributed by atoms with E-state index in [-0.39, 0.29) is 0 Å². The number of rotatable bonds is 3. The lowest BCUT2D eigenvalue weighted by Crippen LogP contribution is -2.11. The van der Waals surface area contributed by atoms with Gasteiger partial charge >= 0.3 is 5.97 Å². The van der Waals surface area contributed by atoms with E-state index in [9.17, 15) is 9.59 Å². The maximum atomic E-state index is 10.4. The Morgan fingerprint density at radius 3 is 2.40 bits per heavy atom. The molecule has 0 atom stereocenters. The lowest BCUT2D eigenvalue weighted by Gasteiger charge is -1.98. The Balaban J connectivity index is 2.61. The summed E-state index contributed by atoms with van der Waals surface area (Å²) >= 11 is 0. The van der Waals surface area contributed by atoms with E-state index in [4.69, 9.17) is 5.11 Å². The zero-order chi connectivity index (χ0) is 7.61. The highest BCUT2D eigenvalue weighted by atomic mass is 16.4. The van der Waals surface area contributed by atoms with Gasteiger partial charge in [0.15, 0.2) is 0 Å². The molecule has 0 amide bonds. The van der Waals surface area contributed by atoms with E-state index in [1.807, 2.05) is 0 Å². The van der Waals surface area contributed by atoms with Crippen LogP contribution in [0, 0.1) is 5.41 Å². The lowest BCUT2D eigenvalue weighted by atomic mass is 10.1. The van der Waals surface area contributed by atoms with E-state index in [0.717, 1.165) is 0 Å². The van der Waals surface area contributed by atoms with E-state index in [1.54, 1.807) is 0 Å². The molecule has 0 aromatic carbocycles. The molecule has 10 heavy (non-hydrogen) atoms. The standard InChI is InChI=1S/C7H8O3/c8-5-1-2-7(3-4-7)6(9)10/h1-2,5H,3-4H2,(H,9,10). The number of carbonyl (C=O) groups is 2. The Morgan fingerprint density at radius 1 is 1.50 bits per heavy atom. The summed E-state index contributed by atoms with van der Waals surface area (Å²) in [7, 11) is 0. The van der Waals surface area contributed by atoms with Crippen molar-refractivity contribution < 1.29 is 14.7 Å². The fraction of sp³-hybridized carbons (Fsp3) is 0.429. The molecular weight excluding hydrogens is 132 g/mol. The number of carboxylic acid groups (broad SMARTS) is 1. The predicted octanol–water partition coefficient (Wildman–Crippen LogP) is 0.606. The quantitative estimate of drug-likeness (QED) is 0.461. The Labute approximate surface area is 58.4 Å². The minimum Gasteiger partial charge on any atom is -0.481 e. The molecule has 0 spiro atoms. The average molecular weight is 140 g/mol. The van der Waals surface area contributed by atoms with Gasteiger partial charge in [0.05, 0.1) is 5.41 Å². The first kappa shape index (κ1) is 6.99. The highest BCUT2D eigenvalue weighted by Gasteiger charge is 2.47. The SMILES string of the molecule is O=CC=CC1(C(=O)O)CC1. The topological polar surface area (TPSA) is 54.4 Å². The van der Waals surface area contributed by atoms with Gasteiger partial charge in [-0.2, -0.15) is 0 Å². The van der Waals surface area contributed by atoms with E-state index in [2.05, 4.69) is 0 Å². The van der Waals surface area contributed by atoms with Crippen molar-refractivity contribution in [3.63, 3.8) is 0 Å². The predicted molar refractivity (Wildman–Crippen MR) is 34.5 cm³/mol. The van der Waals surface area contributed by atoms with Gasteiger partial charge in [-0.05, 0) is 18.9 Å². The number of allylic oxidation sites excluding steroid dienone is 1. The smallest absolute Gasteiger partial charge is 0.313 e. The second-order valence-corrected chi connectivity index (χ2v) is 2.46. The second-order valence-electron chi connectivity index (χ2n) is 2.46. The molecule has 1 fully saturated rings. The van der Waals surface area contributed by atoms with E-state index >= 15 is 0 Å². The van der Waals surface area contributed by atoms with Crippen LogP contribution in [0.4, 0.5) is 0 Å². The van der Waals surface area contributed by atoms with Crippen LogP contribution in [0.5, 0.6) is 0 Å². The monoisotopic (exact) mass is 140 g/mol. The molecule has 0 unspecified atom stereocenters. The number of hydrogen-bond acceptors (Lipinski definition) is 2. The van der Waals surface area contributed by atoms with Gasteiger partial charge in [-0.3, -0.25) is 9.59 Å². The molecule has 0 bridgehead atoms. The molecule has 3 heteroatoms. The molecule has 0 aromatic heterocycles. The third-order valence-corrected chi connectivity index (χ3v) is 1.71. The highest BCUT2D eigenvalue weighted by molar-refractivity contribution is 5.81. The van der Waals surface area contributed by atoms with Crippen LogP contribution >= 0.6 is 0 Å². The van der Waals surface area contributed by atoms with Gasteiger partial charge in [-0.1, -0.05) is 6.08 Å². The molecule has 1 saturated carbocycles. The Morgan fingerprint density at radius 2 is 2.10 bits per heavy atom. The normalized spacial score (nSPS) is 20.8. The van der Waals surface area contributed by atoms with Gasteiger partial charge in [0.25, 0.3) is 0 Å². The van der Waals surface area contributed by atoms with Crippen LogP contribution < -0.4 is 0 Å². The molecule has 0 heterocycles. The molecule has 54 valence electrons. The van der Waals surface area contributed by atoms with Crippen LogP contribution in [0.2, 0.25) is 0 Å². The number of aliphatic carboxylic acids is 1. The maximum absolute atomic E-state index is 10.4. The molecule has 3 nitrogen and oxygen atoms in total. The van der Waals surface area contributed by atoms with Crippen LogP contribution in [-0.2, 0) is 9.59 Å². The van der Waals surface area contributed by atoms with Gasteiger partial charge in [0.2, 0.25) is 0 Å². The number of carboxylic acids is 1. The van der Waals surface area contributed by atoms with E-state index in [1.165, 1.54) is 12.2 Å². The van der Waals surface area contributed by atoms with Gasteiger partial charge in [0, 0.05) is 0 Å². The molecule has 0 radical (unpaired) electrons. The van der Waals surface area contributed by atoms with Crippen molar-refractivity contribution in [1.82, 2.24) is 0 Å². The Hall–Kier alpha value is -1.12. The average Bonchev–Trinajstić information content (AvgIpc) is 2.64. The summed E-state index contributed by atoms with van der Waals surface area (Å²) in [5.74, 6) is -0.828. The van der Waals surface area contributed by atoms with Crippen molar-refractivity contribution in [2.75, 3.05) is 0 Å². The first-order valence-corrected chi connectivity index (χ1v) is 3.08. The summed E-state index contributed by atoms with van der Waals surface area (Å²) in [6.45, 7) is 0. The summed E-state index contributed by atoms with van der Waals surface area (Å²) in [5, 5.41) is 8.56. The Kier molecular flexibility index (Phi) is 1.57. The first-order chi connectivity index (χ1) is 4.71. The van der Waals surface area contributed by atoms with Crippen LogP contribution in [0.25, 0.3) is 0 Å². The van der Waals surface area contributed by atoms with Gasteiger partial charge in [0.1, 0.15) is 6.29 Å². The number of aldehydes is 1. The van der Waals surface area contributed by atoms with Crippen molar-refractivity contribution in [3.8, 4) is 0 Å². The zero-order valence-corrected chi connectivity index (χ0v) is 5.41. The molecule has 1 aliphatic carbocycles. The maximum Gasteiger partial charge on any atom is 0.313 e. The summed E-state index contributed by atoms with van der Waals surface area (Å²) in [6.07, 6.45) is 4.63. The molecule has 0 aliphatic heterocycles. The molecule has 0 aromatic rings. The van der Waals surface area contributed by atoms with Gasteiger partial charge < -0.3 is 5.11 Å². The second kappa shape index (κ2) is 2.25. The van der Waals surface area contributed by atoms with Crippen LogP contribution in [0.15, 0.2) is 12.2 Å². The molecule has 1 rings (SSSR count). The summed E-state index contributed by atoms with van der Waals surface area (Å²) < 4.78 is 0. The largest absolute Gasteiger partial charge is 0.481 e. The van der Waals surface area contributed by atoms with Crippen molar-refractivity contribution in [3.05, 3.63) is 12.2 Å². The van der Waals surface area contributed by atoms with Crippen molar-refractivity contribution in [1.29, 1.82) is 0 Å². The Bertz CT molecular complexity index is 189. The molecule has 1 aliphatic rings. The van der Waals surface area contributed by atoms with E-state index < -0.39 is 11.4 Å². The third kappa shape index (κ3) is 1.07. The fourth-order valence-corrected chi connectivity index (χ4v) is 0.810. The van der Waals surface area contributed by atoms with Crippen molar-refractivity contribution in [2.45, 2.75) is 12.8 Å². The minimum absolute atomic E-state index is 0.600. The molecular formula is C7H8O3. The van der Waals surface area contributed by atoms with Crippen LogP contribution in [0.1, 0.15) is 12.8 Å². The summed E-state index contributed by atoms with van der Waals surface area (Å²) in [6, 6.07) is 0. The van der Waals surface area contributed by atoms with E-state index in [0.29, 0.717) is 19.1 Å². The van der Waals surface area contributed by atoms with Crippen LogP contribution in [0.3, 0.4) is 0 Å². The van der Waals surface area contributed by atoms with Crippen LogP contribution in [-0.4, -0.2) is 17.4 Å². The third-order valence-electron chi connectivity index (χ3n) is 1.71. The van der Waals surface area contributed by atoms with Crippen molar-refractivity contribution >= 4 is 12.3 Å². The highest BCUT2D eigenvalue weighted by Crippen LogP contribution is 2.47. The number of hydrogen-bond donors (Lipinski definition) is 1.